The number of aromatic nitrogens is 4. The number of hydrogen-bond donors (Lipinski definition) is 1. The van der Waals surface area contributed by atoms with Crippen LogP contribution in [0.4, 0.5) is 10.2 Å². The Balaban J connectivity index is 1.83. The number of nitrogens with one attached hydrogen (secondary N) is 1. The number of carbonyl (C=O) groups excluding carboxylic acids is 1. The summed E-state index contributed by atoms with van der Waals surface area (Å²) in [6.07, 6.45) is 1.19. The highest BCUT2D eigenvalue weighted by molar-refractivity contribution is 6.41. The molecule has 0 fully saturated rings. The van der Waals surface area contributed by atoms with E-state index >= 15 is 0 Å². The number of amides is 1. The molecule has 1 aromatic carbocycles. The maximum Gasteiger partial charge on any atom is 0.287 e. The lowest BCUT2D eigenvalue weighted by molar-refractivity contribution is -0.117. The second kappa shape index (κ2) is 7.27. The van der Waals surface area contributed by atoms with Gasteiger partial charge in [-0.25, -0.2) is 13.8 Å². The Bertz CT molecular complexity index is 1030. The molecular weight excluding hydrogens is 384 g/mol. The molecule has 3 rings (SSSR count). The Morgan fingerprint density at radius 3 is 2.65 bits per heavy atom. The summed E-state index contributed by atoms with van der Waals surface area (Å²) >= 11 is 11.5. The van der Waals surface area contributed by atoms with Crippen molar-refractivity contribution < 1.29 is 9.18 Å². The van der Waals surface area contributed by atoms with Gasteiger partial charge in [-0.2, -0.15) is 10.2 Å². The van der Waals surface area contributed by atoms with Crippen LogP contribution in [-0.2, 0) is 11.3 Å². The van der Waals surface area contributed by atoms with Gasteiger partial charge in [0.2, 0.25) is 5.91 Å². The van der Waals surface area contributed by atoms with E-state index in [0.717, 1.165) is 4.68 Å². The maximum absolute atomic E-state index is 13.1. The Kier molecular flexibility index (Phi) is 5.06. The largest absolute Gasteiger partial charge is 0.309 e. The molecule has 3 aromatic rings. The third-order valence-electron chi connectivity index (χ3n) is 3.41. The minimum absolute atomic E-state index is 0.0123. The van der Waals surface area contributed by atoms with Gasteiger partial charge in [0.25, 0.3) is 5.56 Å². The quantitative estimate of drug-likeness (QED) is 0.736. The predicted molar refractivity (Wildman–Crippen MR) is 95.4 cm³/mol. The van der Waals surface area contributed by atoms with Crippen molar-refractivity contribution in [2.24, 2.45) is 0 Å². The first-order valence-electron chi connectivity index (χ1n) is 7.38. The summed E-state index contributed by atoms with van der Waals surface area (Å²) in [4.78, 5) is 24.2. The summed E-state index contributed by atoms with van der Waals surface area (Å²) in [5, 5.41) is 10.5. The van der Waals surface area contributed by atoms with Crippen molar-refractivity contribution in [3.05, 3.63) is 68.4 Å². The number of hydrogen-bond acceptors (Lipinski definition) is 4. The lowest BCUT2D eigenvalue weighted by atomic mass is 10.3. The molecule has 0 radical (unpaired) electrons. The first-order chi connectivity index (χ1) is 12.3. The summed E-state index contributed by atoms with van der Waals surface area (Å²) in [7, 11) is 0. The average molecular weight is 396 g/mol. The smallest absolute Gasteiger partial charge is 0.287 e. The van der Waals surface area contributed by atoms with Crippen LogP contribution in [0.2, 0.25) is 10.0 Å². The second-order valence-corrected chi connectivity index (χ2v) is 6.16. The lowest BCUT2D eigenvalue weighted by Crippen LogP contribution is -2.30. The molecular formula is C16H12Cl2FN5O2. The Morgan fingerprint density at radius 2 is 1.96 bits per heavy atom. The summed E-state index contributed by atoms with van der Waals surface area (Å²) < 4.78 is 15.5. The first-order valence-corrected chi connectivity index (χ1v) is 8.14. The van der Waals surface area contributed by atoms with Crippen molar-refractivity contribution >= 4 is 34.9 Å². The van der Waals surface area contributed by atoms with Crippen molar-refractivity contribution in [2.75, 3.05) is 5.32 Å². The molecule has 7 nitrogen and oxygen atoms in total. The fourth-order valence-electron chi connectivity index (χ4n) is 2.24. The molecule has 0 aliphatic heterocycles. The number of aryl methyl sites for hydroxylation is 1. The van der Waals surface area contributed by atoms with Crippen LogP contribution in [-0.4, -0.2) is 25.5 Å². The topological polar surface area (TPSA) is 81.8 Å². The highest BCUT2D eigenvalue weighted by Gasteiger charge is 2.14. The Labute approximate surface area is 157 Å². The maximum atomic E-state index is 13.1. The van der Waals surface area contributed by atoms with Crippen molar-refractivity contribution in [3.63, 3.8) is 0 Å². The second-order valence-electron chi connectivity index (χ2n) is 5.38. The fraction of sp³-hybridized carbons (Fsp3) is 0.125. The van der Waals surface area contributed by atoms with Gasteiger partial charge in [0.05, 0.1) is 22.6 Å². The minimum Gasteiger partial charge on any atom is -0.309 e. The summed E-state index contributed by atoms with van der Waals surface area (Å²) in [5.74, 6) is -0.526. The van der Waals surface area contributed by atoms with Crippen LogP contribution < -0.4 is 10.9 Å². The summed E-state index contributed by atoms with van der Waals surface area (Å²) in [6.45, 7) is 1.39. The standard InChI is InChI=1S/C16H12Cl2FN5O2/c1-9-6-13(24(22-9)11-4-2-10(19)3-5-11)21-14(25)8-23-16(26)15(18)12(17)7-20-23/h2-7H,8H2,1H3,(H,21,25). The zero-order chi connectivity index (χ0) is 18.8. The number of rotatable bonds is 4. The number of carbonyl (C=O) groups is 1. The zero-order valence-corrected chi connectivity index (χ0v) is 14.9. The molecule has 0 atom stereocenters. The van der Waals surface area contributed by atoms with Crippen LogP contribution in [0.1, 0.15) is 5.69 Å². The number of benzene rings is 1. The van der Waals surface area contributed by atoms with E-state index in [4.69, 9.17) is 23.2 Å². The van der Waals surface area contributed by atoms with E-state index in [1.54, 1.807) is 13.0 Å². The van der Waals surface area contributed by atoms with Gasteiger partial charge in [-0.15, -0.1) is 0 Å². The molecule has 10 heteroatoms. The number of halogens is 3. The van der Waals surface area contributed by atoms with Gasteiger partial charge in [0, 0.05) is 6.07 Å². The van der Waals surface area contributed by atoms with Crippen LogP contribution in [0.25, 0.3) is 5.69 Å². The third kappa shape index (κ3) is 3.76. The highest BCUT2D eigenvalue weighted by atomic mass is 35.5. The molecule has 0 unspecified atom stereocenters. The van der Waals surface area contributed by atoms with E-state index in [2.05, 4.69) is 15.5 Å². The van der Waals surface area contributed by atoms with E-state index in [9.17, 15) is 14.0 Å². The number of nitrogens with zero attached hydrogens (tertiary/aromatic N) is 4. The Morgan fingerprint density at radius 1 is 1.27 bits per heavy atom. The fourth-order valence-corrected chi connectivity index (χ4v) is 2.51. The van der Waals surface area contributed by atoms with E-state index in [-0.39, 0.29) is 22.4 Å². The number of anilines is 1. The normalized spacial score (nSPS) is 10.8. The SMILES string of the molecule is Cc1cc(NC(=O)Cn2ncc(Cl)c(Cl)c2=O)n(-c2ccc(F)cc2)n1. The monoisotopic (exact) mass is 395 g/mol. The summed E-state index contributed by atoms with van der Waals surface area (Å²) in [5.41, 5.74) is 0.548. The predicted octanol–water partition coefficient (Wildman–Crippen LogP) is 2.82. The average Bonchev–Trinajstić information content (AvgIpc) is 2.96. The molecule has 2 aromatic heterocycles. The van der Waals surface area contributed by atoms with E-state index < -0.39 is 11.5 Å². The van der Waals surface area contributed by atoms with Crippen molar-refractivity contribution in [2.45, 2.75) is 13.5 Å². The van der Waals surface area contributed by atoms with Crippen LogP contribution >= 0.6 is 23.2 Å². The minimum atomic E-state index is -0.669. The van der Waals surface area contributed by atoms with Crippen molar-refractivity contribution in [1.29, 1.82) is 0 Å². The molecule has 2 heterocycles. The molecule has 0 bridgehead atoms. The molecule has 0 aliphatic rings. The summed E-state index contributed by atoms with van der Waals surface area (Å²) in [6, 6.07) is 7.28. The van der Waals surface area contributed by atoms with E-state index in [0.29, 0.717) is 17.2 Å². The first kappa shape index (κ1) is 18.1. The lowest BCUT2D eigenvalue weighted by Gasteiger charge is -2.10. The van der Waals surface area contributed by atoms with Crippen molar-refractivity contribution in [3.8, 4) is 5.69 Å². The zero-order valence-electron chi connectivity index (χ0n) is 13.4. The molecule has 0 spiro atoms. The van der Waals surface area contributed by atoms with E-state index in [1.807, 2.05) is 0 Å². The molecule has 0 aliphatic carbocycles. The van der Waals surface area contributed by atoms with E-state index in [1.165, 1.54) is 35.1 Å². The van der Waals surface area contributed by atoms with Gasteiger partial charge < -0.3 is 5.32 Å². The molecule has 134 valence electrons. The van der Waals surface area contributed by atoms with Crippen LogP contribution in [0.3, 0.4) is 0 Å². The van der Waals surface area contributed by atoms with Crippen molar-refractivity contribution in [1.82, 2.24) is 19.6 Å². The molecule has 1 amide bonds. The molecule has 1 N–H and O–H groups in total. The van der Waals surface area contributed by atoms with Gasteiger partial charge in [0.15, 0.2) is 0 Å². The third-order valence-corrected chi connectivity index (χ3v) is 4.15. The van der Waals surface area contributed by atoms with Gasteiger partial charge in [-0.3, -0.25) is 9.59 Å². The highest BCUT2D eigenvalue weighted by Crippen LogP contribution is 2.18. The van der Waals surface area contributed by atoms with Crippen LogP contribution in [0.15, 0.2) is 41.3 Å². The van der Waals surface area contributed by atoms with Crippen LogP contribution in [0, 0.1) is 12.7 Å². The van der Waals surface area contributed by atoms with Gasteiger partial charge in [0.1, 0.15) is 23.2 Å². The molecule has 0 saturated carbocycles. The van der Waals surface area contributed by atoms with Gasteiger partial charge in [-0.05, 0) is 31.2 Å². The Hall–Kier alpha value is -2.71. The van der Waals surface area contributed by atoms with Crippen LogP contribution in [0.5, 0.6) is 0 Å². The van der Waals surface area contributed by atoms with Gasteiger partial charge >= 0.3 is 0 Å². The molecule has 0 saturated heterocycles. The van der Waals surface area contributed by atoms with Gasteiger partial charge in [-0.1, -0.05) is 23.2 Å². The molecule has 26 heavy (non-hydrogen) atoms.